The molecule has 0 fully saturated rings. The lowest BCUT2D eigenvalue weighted by Crippen LogP contribution is -2.08. The van der Waals surface area contributed by atoms with Crippen LogP contribution in [0, 0.1) is 6.92 Å². The number of aryl methyl sites for hydroxylation is 1. The summed E-state index contributed by atoms with van der Waals surface area (Å²) in [5.74, 6) is 1.83. The standard InChI is InChI=1S/C24H23N5O2/c1-13(2)31-22-6-4-5-15-9-16(10-18(15)22)23(30)19-12-26-29(24(19)25)17-7-8-20-21(11-17)28-14(3)27-20/h4-8,10-13H,9,25H2,1-3H3,(H,27,28). The number of ether oxygens (including phenoxy) is 1. The highest BCUT2D eigenvalue weighted by atomic mass is 16.5. The zero-order chi connectivity index (χ0) is 21.7. The molecule has 1 aliphatic rings. The zero-order valence-corrected chi connectivity index (χ0v) is 17.6. The van der Waals surface area contributed by atoms with Crippen molar-refractivity contribution in [1.29, 1.82) is 0 Å². The minimum Gasteiger partial charge on any atom is -0.490 e. The highest BCUT2D eigenvalue weighted by molar-refractivity contribution is 6.15. The summed E-state index contributed by atoms with van der Waals surface area (Å²) in [5.41, 5.74) is 12.0. The van der Waals surface area contributed by atoms with E-state index in [1.54, 1.807) is 4.68 Å². The van der Waals surface area contributed by atoms with Crippen molar-refractivity contribution in [3.8, 4) is 11.4 Å². The molecule has 7 heteroatoms. The highest BCUT2D eigenvalue weighted by Crippen LogP contribution is 2.35. The van der Waals surface area contributed by atoms with Crippen LogP contribution in [0.4, 0.5) is 5.82 Å². The van der Waals surface area contributed by atoms with Gasteiger partial charge in [0, 0.05) is 17.6 Å². The number of aromatic amines is 1. The molecule has 2 heterocycles. The molecule has 7 nitrogen and oxygen atoms in total. The molecule has 0 unspecified atom stereocenters. The molecule has 2 aromatic heterocycles. The van der Waals surface area contributed by atoms with Gasteiger partial charge in [0.05, 0.1) is 34.6 Å². The summed E-state index contributed by atoms with van der Waals surface area (Å²) >= 11 is 0. The molecule has 0 radical (unpaired) electrons. The number of carbonyl (C=O) groups excluding carboxylic acids is 1. The van der Waals surface area contributed by atoms with Crippen LogP contribution >= 0.6 is 0 Å². The molecule has 5 rings (SSSR count). The Morgan fingerprint density at radius 2 is 2.10 bits per heavy atom. The fourth-order valence-electron chi connectivity index (χ4n) is 4.01. The third-order valence-corrected chi connectivity index (χ3v) is 5.39. The molecule has 156 valence electrons. The second-order valence-corrected chi connectivity index (χ2v) is 8.05. The topological polar surface area (TPSA) is 98.8 Å². The van der Waals surface area contributed by atoms with Crippen LogP contribution in [-0.4, -0.2) is 31.6 Å². The normalized spacial score (nSPS) is 13.0. The molecule has 4 aromatic rings. The number of nitrogen functional groups attached to an aromatic ring is 1. The molecule has 0 spiro atoms. The van der Waals surface area contributed by atoms with Crippen LogP contribution in [0.15, 0.2) is 48.2 Å². The Morgan fingerprint density at radius 1 is 1.26 bits per heavy atom. The number of aromatic nitrogens is 4. The molecule has 0 atom stereocenters. The molecule has 0 amide bonds. The first-order valence-electron chi connectivity index (χ1n) is 10.2. The molecule has 2 aromatic carbocycles. The van der Waals surface area contributed by atoms with Crippen LogP contribution < -0.4 is 10.5 Å². The first kappa shape index (κ1) is 19.1. The average Bonchev–Trinajstić information content (AvgIpc) is 3.42. The summed E-state index contributed by atoms with van der Waals surface area (Å²) in [4.78, 5) is 20.9. The van der Waals surface area contributed by atoms with Gasteiger partial charge < -0.3 is 15.5 Å². The van der Waals surface area contributed by atoms with Crippen molar-refractivity contribution in [1.82, 2.24) is 19.7 Å². The number of allylic oxidation sites excluding steroid dienone is 1. The van der Waals surface area contributed by atoms with E-state index in [0.717, 1.165) is 39.4 Å². The van der Waals surface area contributed by atoms with Crippen molar-refractivity contribution < 1.29 is 9.53 Å². The van der Waals surface area contributed by atoms with Crippen LogP contribution in [0.3, 0.4) is 0 Å². The number of carbonyl (C=O) groups is 1. The maximum Gasteiger partial charge on any atom is 0.194 e. The lowest BCUT2D eigenvalue weighted by molar-refractivity contribution is 0.103. The maximum absolute atomic E-state index is 13.3. The Kier molecular flexibility index (Phi) is 4.39. The number of hydrogen-bond donors (Lipinski definition) is 2. The third kappa shape index (κ3) is 3.28. The fourth-order valence-corrected chi connectivity index (χ4v) is 4.01. The van der Waals surface area contributed by atoms with Gasteiger partial charge in [-0.3, -0.25) is 4.79 Å². The monoisotopic (exact) mass is 413 g/mol. The van der Waals surface area contributed by atoms with Gasteiger partial charge >= 0.3 is 0 Å². The van der Waals surface area contributed by atoms with Crippen molar-refractivity contribution in [2.45, 2.75) is 33.3 Å². The maximum atomic E-state index is 13.3. The van der Waals surface area contributed by atoms with Gasteiger partial charge in [-0.05, 0) is 56.7 Å². The van der Waals surface area contributed by atoms with Crippen molar-refractivity contribution in [3.05, 3.63) is 70.7 Å². The van der Waals surface area contributed by atoms with Gasteiger partial charge in [0.15, 0.2) is 5.78 Å². The second kappa shape index (κ2) is 7.12. The number of benzene rings is 2. The van der Waals surface area contributed by atoms with E-state index in [4.69, 9.17) is 10.5 Å². The second-order valence-electron chi connectivity index (χ2n) is 8.05. The van der Waals surface area contributed by atoms with Crippen LogP contribution in [0.5, 0.6) is 5.75 Å². The molecule has 3 N–H and O–H groups in total. The first-order valence-corrected chi connectivity index (χ1v) is 10.2. The lowest BCUT2D eigenvalue weighted by Gasteiger charge is -2.12. The number of fused-ring (bicyclic) bond motifs is 2. The van der Waals surface area contributed by atoms with Gasteiger partial charge in [-0.25, -0.2) is 9.67 Å². The summed E-state index contributed by atoms with van der Waals surface area (Å²) in [5, 5.41) is 4.38. The number of Topliss-reactive ketones (excluding diaryl/α,β-unsaturated/α-hetero) is 1. The predicted molar refractivity (Wildman–Crippen MR) is 121 cm³/mol. The number of H-pyrrole nitrogens is 1. The van der Waals surface area contributed by atoms with Gasteiger partial charge in [-0.2, -0.15) is 5.10 Å². The van der Waals surface area contributed by atoms with E-state index in [9.17, 15) is 4.79 Å². The minimum absolute atomic E-state index is 0.0597. The van der Waals surface area contributed by atoms with E-state index in [-0.39, 0.29) is 11.9 Å². The number of rotatable bonds is 5. The van der Waals surface area contributed by atoms with E-state index in [1.807, 2.05) is 63.2 Å². The molecule has 0 saturated carbocycles. The van der Waals surface area contributed by atoms with Gasteiger partial charge in [-0.15, -0.1) is 0 Å². The van der Waals surface area contributed by atoms with E-state index < -0.39 is 0 Å². The fraction of sp³-hybridized carbons (Fsp3) is 0.208. The number of nitrogens with one attached hydrogen (secondary N) is 1. The zero-order valence-electron chi connectivity index (χ0n) is 17.6. The molecule has 0 saturated heterocycles. The Morgan fingerprint density at radius 3 is 2.90 bits per heavy atom. The number of imidazole rings is 1. The van der Waals surface area contributed by atoms with Crippen LogP contribution in [-0.2, 0) is 6.42 Å². The van der Waals surface area contributed by atoms with Gasteiger partial charge in [0.25, 0.3) is 0 Å². The average molecular weight is 413 g/mol. The SMILES string of the molecule is Cc1nc2ccc(-n3ncc(C(=O)C4=Cc5c(cccc5OC(C)C)C4)c3N)cc2[nH]1. The largest absolute Gasteiger partial charge is 0.490 e. The number of hydrogen-bond acceptors (Lipinski definition) is 5. The summed E-state index contributed by atoms with van der Waals surface area (Å²) < 4.78 is 7.49. The predicted octanol–water partition coefficient (Wildman–Crippen LogP) is 4.25. The number of ketones is 1. The van der Waals surface area contributed by atoms with Crippen LogP contribution in [0.1, 0.15) is 41.2 Å². The van der Waals surface area contributed by atoms with Crippen LogP contribution in [0.25, 0.3) is 22.8 Å². The molecular formula is C24H23N5O2. The number of nitrogens with two attached hydrogens (primary N) is 1. The first-order chi connectivity index (χ1) is 14.9. The highest BCUT2D eigenvalue weighted by Gasteiger charge is 2.25. The van der Waals surface area contributed by atoms with E-state index in [2.05, 4.69) is 15.1 Å². The molecule has 1 aliphatic carbocycles. The minimum atomic E-state index is -0.117. The Balaban J connectivity index is 1.47. The molecule has 31 heavy (non-hydrogen) atoms. The summed E-state index contributed by atoms with van der Waals surface area (Å²) in [6.45, 7) is 5.88. The van der Waals surface area contributed by atoms with Gasteiger partial charge in [0.2, 0.25) is 0 Å². The molecule has 0 bridgehead atoms. The quantitative estimate of drug-likeness (QED) is 0.477. The van der Waals surface area contributed by atoms with E-state index >= 15 is 0 Å². The number of nitrogens with zero attached hydrogens (tertiary/aromatic N) is 3. The smallest absolute Gasteiger partial charge is 0.194 e. The van der Waals surface area contributed by atoms with Crippen molar-refractivity contribution in [3.63, 3.8) is 0 Å². The summed E-state index contributed by atoms with van der Waals surface area (Å²) in [6.07, 6.45) is 4.05. The van der Waals surface area contributed by atoms with E-state index in [0.29, 0.717) is 23.4 Å². The molecule has 0 aliphatic heterocycles. The Bertz CT molecular complexity index is 1360. The van der Waals surface area contributed by atoms with Crippen molar-refractivity contribution >= 4 is 28.7 Å². The van der Waals surface area contributed by atoms with Crippen molar-refractivity contribution in [2.24, 2.45) is 0 Å². The lowest BCUT2D eigenvalue weighted by atomic mass is 10.0. The Labute approximate surface area is 179 Å². The van der Waals surface area contributed by atoms with E-state index in [1.165, 1.54) is 6.20 Å². The van der Waals surface area contributed by atoms with Crippen molar-refractivity contribution in [2.75, 3.05) is 5.73 Å². The van der Waals surface area contributed by atoms with Gasteiger partial charge in [0.1, 0.15) is 17.4 Å². The third-order valence-electron chi connectivity index (χ3n) is 5.39. The number of anilines is 1. The summed E-state index contributed by atoms with van der Waals surface area (Å²) in [6, 6.07) is 11.6. The van der Waals surface area contributed by atoms with Gasteiger partial charge in [-0.1, -0.05) is 12.1 Å². The summed E-state index contributed by atoms with van der Waals surface area (Å²) in [7, 11) is 0. The van der Waals surface area contributed by atoms with Crippen LogP contribution in [0.2, 0.25) is 0 Å². The molecular weight excluding hydrogens is 390 g/mol. The Hall–Kier alpha value is -3.87.